The molecular weight excluding hydrogens is 423 g/mol. The fourth-order valence-electron chi connectivity index (χ4n) is 3.84. The van der Waals surface area contributed by atoms with Crippen LogP contribution in [0, 0.1) is 12.8 Å². The van der Waals surface area contributed by atoms with Crippen molar-refractivity contribution in [1.82, 2.24) is 10.3 Å². The van der Waals surface area contributed by atoms with Gasteiger partial charge in [-0.05, 0) is 37.5 Å². The number of amides is 1. The number of aromatic nitrogens is 1. The zero-order chi connectivity index (χ0) is 23.3. The number of carbonyl (C=O) groups is 2. The van der Waals surface area contributed by atoms with Crippen LogP contribution in [0.15, 0.2) is 42.6 Å². The number of rotatable bonds is 6. The number of halogens is 3. The standard InChI is InChI=1S/C23H26F3N3O3/c1-15-7-9-16(10-8-15)19(13-20(30)32-2)28-22(31)17-5-4-12-29(14-17)21-18(23(24,25)26)6-3-11-27-21/h3,6-11,17,19H,4-5,12-14H2,1-2H3,(H,28,31). The minimum Gasteiger partial charge on any atom is -0.469 e. The fourth-order valence-corrected chi connectivity index (χ4v) is 3.84. The summed E-state index contributed by atoms with van der Waals surface area (Å²) in [5.74, 6) is -1.47. The van der Waals surface area contributed by atoms with Crippen molar-refractivity contribution in [3.05, 3.63) is 59.3 Å². The van der Waals surface area contributed by atoms with Gasteiger partial charge in [-0.2, -0.15) is 13.2 Å². The summed E-state index contributed by atoms with van der Waals surface area (Å²) >= 11 is 0. The van der Waals surface area contributed by atoms with Crippen LogP contribution in [0.4, 0.5) is 19.0 Å². The first-order valence-electron chi connectivity index (χ1n) is 10.4. The van der Waals surface area contributed by atoms with Gasteiger partial charge in [0.05, 0.1) is 31.1 Å². The Morgan fingerprint density at radius 3 is 2.62 bits per heavy atom. The van der Waals surface area contributed by atoms with Crippen LogP contribution in [-0.2, 0) is 20.5 Å². The molecule has 1 aromatic carbocycles. The Hall–Kier alpha value is -3.10. The third kappa shape index (κ3) is 5.77. The normalized spacial score (nSPS) is 17.5. The van der Waals surface area contributed by atoms with E-state index in [4.69, 9.17) is 4.74 Å². The van der Waals surface area contributed by atoms with Crippen molar-refractivity contribution in [2.24, 2.45) is 5.92 Å². The van der Waals surface area contributed by atoms with Crippen LogP contribution in [0.2, 0.25) is 0 Å². The number of benzene rings is 1. The van der Waals surface area contributed by atoms with Crippen LogP contribution >= 0.6 is 0 Å². The van der Waals surface area contributed by atoms with Gasteiger partial charge in [-0.25, -0.2) is 4.98 Å². The van der Waals surface area contributed by atoms with Gasteiger partial charge in [-0.3, -0.25) is 9.59 Å². The van der Waals surface area contributed by atoms with Crippen LogP contribution < -0.4 is 10.2 Å². The molecule has 0 aliphatic carbocycles. The van der Waals surface area contributed by atoms with Gasteiger partial charge in [0.25, 0.3) is 0 Å². The third-order valence-electron chi connectivity index (χ3n) is 5.58. The van der Waals surface area contributed by atoms with Crippen LogP contribution in [-0.4, -0.2) is 37.1 Å². The van der Waals surface area contributed by atoms with Gasteiger partial charge in [0.15, 0.2) is 0 Å². The lowest BCUT2D eigenvalue weighted by Gasteiger charge is -2.34. The van der Waals surface area contributed by atoms with Crippen molar-refractivity contribution in [2.75, 3.05) is 25.1 Å². The van der Waals surface area contributed by atoms with Gasteiger partial charge in [0, 0.05) is 19.3 Å². The average molecular weight is 449 g/mol. The lowest BCUT2D eigenvalue weighted by molar-refractivity contribution is -0.141. The summed E-state index contributed by atoms with van der Waals surface area (Å²) in [4.78, 5) is 30.4. The Labute approximate surface area is 184 Å². The van der Waals surface area contributed by atoms with E-state index >= 15 is 0 Å². The lowest BCUT2D eigenvalue weighted by Crippen LogP contribution is -2.45. The maximum atomic E-state index is 13.4. The molecule has 1 saturated heterocycles. The summed E-state index contributed by atoms with van der Waals surface area (Å²) in [5.41, 5.74) is 0.978. The number of piperidine rings is 1. The molecule has 0 bridgehead atoms. The Balaban J connectivity index is 1.76. The summed E-state index contributed by atoms with van der Waals surface area (Å²) in [6, 6.07) is 9.09. The number of nitrogens with one attached hydrogen (secondary N) is 1. The van der Waals surface area contributed by atoms with Crippen LogP contribution in [0.5, 0.6) is 0 Å². The summed E-state index contributed by atoms with van der Waals surface area (Å²) in [6.07, 6.45) is -2.17. The molecule has 1 fully saturated rings. The topological polar surface area (TPSA) is 71.5 Å². The number of nitrogens with zero attached hydrogens (tertiary/aromatic N) is 2. The number of methoxy groups -OCH3 is 1. The quantitative estimate of drug-likeness (QED) is 0.674. The van der Waals surface area contributed by atoms with Crippen LogP contribution in [0.25, 0.3) is 0 Å². The number of carbonyl (C=O) groups excluding carboxylic acids is 2. The first-order valence-corrected chi connectivity index (χ1v) is 10.4. The van der Waals surface area contributed by atoms with E-state index in [1.165, 1.54) is 24.3 Å². The highest BCUT2D eigenvalue weighted by Gasteiger charge is 2.37. The first kappa shape index (κ1) is 23.6. The third-order valence-corrected chi connectivity index (χ3v) is 5.58. The maximum Gasteiger partial charge on any atom is 0.419 e. The number of esters is 1. The monoisotopic (exact) mass is 449 g/mol. The van der Waals surface area contributed by atoms with Crippen molar-refractivity contribution in [1.29, 1.82) is 0 Å². The predicted molar refractivity (Wildman–Crippen MR) is 113 cm³/mol. The summed E-state index contributed by atoms with van der Waals surface area (Å²) in [7, 11) is 1.28. The Morgan fingerprint density at radius 2 is 1.97 bits per heavy atom. The van der Waals surface area contributed by atoms with E-state index in [-0.39, 0.29) is 24.7 Å². The first-order chi connectivity index (χ1) is 15.2. The summed E-state index contributed by atoms with van der Waals surface area (Å²) in [5, 5.41) is 2.90. The largest absolute Gasteiger partial charge is 0.469 e. The minimum atomic E-state index is -4.53. The molecule has 1 aromatic heterocycles. The smallest absolute Gasteiger partial charge is 0.419 e. The van der Waals surface area contributed by atoms with E-state index in [0.717, 1.165) is 17.2 Å². The molecule has 2 heterocycles. The lowest BCUT2D eigenvalue weighted by atomic mass is 9.95. The molecule has 1 aliphatic rings. The molecule has 0 saturated carbocycles. The average Bonchev–Trinajstić information content (AvgIpc) is 2.78. The second-order valence-electron chi connectivity index (χ2n) is 7.91. The maximum absolute atomic E-state index is 13.4. The number of anilines is 1. The van der Waals surface area contributed by atoms with E-state index in [1.807, 2.05) is 31.2 Å². The second-order valence-corrected chi connectivity index (χ2v) is 7.91. The molecule has 0 radical (unpaired) electrons. The number of pyridine rings is 1. The molecule has 1 amide bonds. The predicted octanol–water partition coefficient (Wildman–Crippen LogP) is 4.05. The molecule has 2 atom stereocenters. The molecule has 2 unspecified atom stereocenters. The zero-order valence-corrected chi connectivity index (χ0v) is 18.0. The number of hydrogen-bond acceptors (Lipinski definition) is 5. The summed E-state index contributed by atoms with van der Waals surface area (Å²) < 4.78 is 45.0. The number of hydrogen-bond donors (Lipinski definition) is 1. The van der Waals surface area contributed by atoms with E-state index < -0.39 is 29.7 Å². The number of ether oxygens (including phenoxy) is 1. The Bertz CT molecular complexity index is 947. The van der Waals surface area contributed by atoms with Gasteiger partial charge in [-0.15, -0.1) is 0 Å². The summed E-state index contributed by atoms with van der Waals surface area (Å²) in [6.45, 7) is 2.43. The molecule has 1 aliphatic heterocycles. The Kier molecular flexibility index (Phi) is 7.37. The highest BCUT2D eigenvalue weighted by molar-refractivity contribution is 5.81. The van der Waals surface area contributed by atoms with Gasteiger partial charge >= 0.3 is 12.1 Å². The number of aryl methyl sites for hydroxylation is 1. The van der Waals surface area contributed by atoms with Crippen molar-refractivity contribution in [2.45, 2.75) is 38.4 Å². The van der Waals surface area contributed by atoms with Crippen molar-refractivity contribution < 1.29 is 27.5 Å². The second kappa shape index (κ2) is 10.0. The minimum absolute atomic E-state index is 0.0415. The molecule has 2 aromatic rings. The van der Waals surface area contributed by atoms with Gasteiger partial charge < -0.3 is 15.0 Å². The molecule has 1 N–H and O–H groups in total. The van der Waals surface area contributed by atoms with E-state index in [1.54, 1.807) is 0 Å². The van der Waals surface area contributed by atoms with Crippen LogP contribution in [0.3, 0.4) is 0 Å². The Morgan fingerprint density at radius 1 is 1.25 bits per heavy atom. The zero-order valence-electron chi connectivity index (χ0n) is 18.0. The SMILES string of the molecule is COC(=O)CC(NC(=O)C1CCCN(c2ncccc2C(F)(F)F)C1)c1ccc(C)cc1. The van der Waals surface area contributed by atoms with Gasteiger partial charge in [0.2, 0.25) is 5.91 Å². The van der Waals surface area contributed by atoms with Gasteiger partial charge in [-0.1, -0.05) is 29.8 Å². The van der Waals surface area contributed by atoms with Gasteiger partial charge in [0.1, 0.15) is 5.82 Å². The van der Waals surface area contributed by atoms with E-state index in [9.17, 15) is 22.8 Å². The van der Waals surface area contributed by atoms with Crippen molar-refractivity contribution in [3.63, 3.8) is 0 Å². The van der Waals surface area contributed by atoms with Crippen LogP contribution in [0.1, 0.15) is 42.0 Å². The fraction of sp³-hybridized carbons (Fsp3) is 0.435. The molecule has 172 valence electrons. The highest BCUT2D eigenvalue weighted by atomic mass is 19.4. The highest BCUT2D eigenvalue weighted by Crippen LogP contribution is 2.36. The molecule has 3 rings (SSSR count). The van der Waals surface area contributed by atoms with E-state index in [2.05, 4.69) is 10.3 Å². The molecule has 9 heteroatoms. The van der Waals surface area contributed by atoms with Crippen molar-refractivity contribution >= 4 is 17.7 Å². The van der Waals surface area contributed by atoms with E-state index in [0.29, 0.717) is 19.4 Å². The molecule has 6 nitrogen and oxygen atoms in total. The molecule has 0 spiro atoms. The van der Waals surface area contributed by atoms with Crippen molar-refractivity contribution in [3.8, 4) is 0 Å². The molecular formula is C23H26F3N3O3. The number of alkyl halides is 3. The molecule has 32 heavy (non-hydrogen) atoms.